The Morgan fingerprint density at radius 2 is 1.63 bits per heavy atom. The highest BCUT2D eigenvalue weighted by Gasteiger charge is 2.33. The summed E-state index contributed by atoms with van der Waals surface area (Å²) in [5.41, 5.74) is -0.868. The first-order chi connectivity index (χ1) is 13.8. The molecule has 1 aliphatic heterocycles. The van der Waals surface area contributed by atoms with Gasteiger partial charge in [-0.3, -0.25) is 0 Å². The fraction of sp³-hybridized carbons (Fsp3) is 0.353. The highest BCUT2D eigenvalue weighted by atomic mass is 35.5. The predicted molar refractivity (Wildman–Crippen MR) is 105 cm³/mol. The third-order valence-corrected chi connectivity index (χ3v) is 8.08. The second kappa shape index (κ2) is 7.98. The molecule has 0 spiro atoms. The Labute approximate surface area is 177 Å². The summed E-state index contributed by atoms with van der Waals surface area (Å²) < 4.78 is 88.6. The quantitative estimate of drug-likeness (QED) is 0.664. The lowest BCUT2D eigenvalue weighted by molar-refractivity contribution is -0.137. The standard InChI is InChI=1S/C17H17ClF3N3O4S2/c1-29(25,26)13-3-4-14(18)15(10-13)30(27,28)24-8-6-23(7-9-24)16-5-2-12(11-22-16)17(19,20)21/h2-5,10-11H,6-9H2,1H3. The van der Waals surface area contributed by atoms with Crippen molar-refractivity contribution in [3.8, 4) is 0 Å². The number of alkyl halides is 3. The molecular formula is C17H17ClF3N3O4S2. The van der Waals surface area contributed by atoms with Crippen molar-refractivity contribution in [1.82, 2.24) is 9.29 Å². The molecule has 0 aliphatic carbocycles. The zero-order valence-corrected chi connectivity index (χ0v) is 18.0. The number of piperazine rings is 1. The van der Waals surface area contributed by atoms with E-state index in [0.717, 1.165) is 28.9 Å². The van der Waals surface area contributed by atoms with Gasteiger partial charge in [-0.05, 0) is 30.3 Å². The Balaban J connectivity index is 1.77. The molecule has 30 heavy (non-hydrogen) atoms. The topological polar surface area (TPSA) is 87.6 Å². The van der Waals surface area contributed by atoms with E-state index in [1.165, 1.54) is 18.2 Å². The third-order valence-electron chi connectivity index (χ3n) is 4.59. The van der Waals surface area contributed by atoms with Gasteiger partial charge in [0.05, 0.1) is 15.5 Å². The number of halogens is 4. The lowest BCUT2D eigenvalue weighted by Gasteiger charge is -2.34. The molecule has 0 N–H and O–H groups in total. The molecule has 1 aliphatic rings. The van der Waals surface area contributed by atoms with E-state index in [1.807, 2.05) is 0 Å². The van der Waals surface area contributed by atoms with Crippen LogP contribution in [-0.4, -0.2) is 58.6 Å². The van der Waals surface area contributed by atoms with Crippen LogP contribution in [0.5, 0.6) is 0 Å². The molecule has 0 saturated carbocycles. The van der Waals surface area contributed by atoms with Crippen molar-refractivity contribution in [2.24, 2.45) is 0 Å². The van der Waals surface area contributed by atoms with E-state index in [2.05, 4.69) is 4.98 Å². The van der Waals surface area contributed by atoms with Crippen LogP contribution in [0.1, 0.15) is 5.56 Å². The normalized spacial score (nSPS) is 16.6. The third kappa shape index (κ3) is 4.71. The molecule has 7 nitrogen and oxygen atoms in total. The Morgan fingerprint density at radius 3 is 2.13 bits per heavy atom. The van der Waals surface area contributed by atoms with Gasteiger partial charge in [-0.1, -0.05) is 11.6 Å². The summed E-state index contributed by atoms with van der Waals surface area (Å²) in [6, 6.07) is 5.62. The minimum Gasteiger partial charge on any atom is -0.354 e. The average Bonchev–Trinajstić information content (AvgIpc) is 2.67. The van der Waals surface area contributed by atoms with Crippen molar-refractivity contribution in [2.45, 2.75) is 16.0 Å². The fourth-order valence-corrected chi connectivity index (χ4v) is 5.59. The van der Waals surface area contributed by atoms with Crippen molar-refractivity contribution in [3.05, 3.63) is 47.1 Å². The maximum Gasteiger partial charge on any atom is 0.417 e. The molecule has 164 valence electrons. The van der Waals surface area contributed by atoms with Gasteiger partial charge < -0.3 is 4.90 Å². The summed E-state index contributed by atoms with van der Waals surface area (Å²) in [6.07, 6.45) is -2.80. The Bertz CT molecular complexity index is 1150. The highest BCUT2D eigenvalue weighted by Crippen LogP contribution is 2.31. The minimum absolute atomic E-state index is 0.0322. The summed E-state index contributed by atoms with van der Waals surface area (Å²) >= 11 is 6.01. The van der Waals surface area contributed by atoms with Crippen LogP contribution in [-0.2, 0) is 26.0 Å². The summed E-state index contributed by atoms with van der Waals surface area (Å²) in [7, 11) is -7.70. The SMILES string of the molecule is CS(=O)(=O)c1ccc(Cl)c(S(=O)(=O)N2CCN(c3ccc(C(F)(F)F)cn3)CC2)c1. The van der Waals surface area contributed by atoms with Crippen LogP contribution in [0, 0.1) is 0 Å². The van der Waals surface area contributed by atoms with E-state index < -0.39 is 31.6 Å². The Morgan fingerprint density at radius 1 is 1.00 bits per heavy atom. The molecule has 1 aromatic carbocycles. The Hall–Kier alpha value is -1.89. The van der Waals surface area contributed by atoms with Gasteiger partial charge in [0.15, 0.2) is 9.84 Å². The van der Waals surface area contributed by atoms with Crippen LogP contribution in [0.25, 0.3) is 0 Å². The number of pyridine rings is 1. The zero-order chi connectivity index (χ0) is 22.3. The molecule has 2 aromatic rings. The van der Waals surface area contributed by atoms with Gasteiger partial charge >= 0.3 is 6.18 Å². The van der Waals surface area contributed by atoms with E-state index in [4.69, 9.17) is 11.6 Å². The van der Waals surface area contributed by atoms with Crippen molar-refractivity contribution in [3.63, 3.8) is 0 Å². The maximum atomic E-state index is 13.0. The molecule has 1 fully saturated rings. The second-order valence-electron chi connectivity index (χ2n) is 6.66. The molecule has 0 unspecified atom stereocenters. The van der Waals surface area contributed by atoms with Crippen molar-refractivity contribution in [2.75, 3.05) is 37.3 Å². The lowest BCUT2D eigenvalue weighted by Crippen LogP contribution is -2.49. The zero-order valence-electron chi connectivity index (χ0n) is 15.6. The monoisotopic (exact) mass is 483 g/mol. The first kappa shape index (κ1) is 22.8. The van der Waals surface area contributed by atoms with Gasteiger partial charge in [-0.25, -0.2) is 21.8 Å². The van der Waals surface area contributed by atoms with Crippen molar-refractivity contribution >= 4 is 37.3 Å². The number of hydrogen-bond acceptors (Lipinski definition) is 6. The molecule has 1 saturated heterocycles. The van der Waals surface area contributed by atoms with E-state index >= 15 is 0 Å². The maximum absolute atomic E-state index is 13.0. The van der Waals surface area contributed by atoms with Crippen LogP contribution in [0.3, 0.4) is 0 Å². The first-order valence-electron chi connectivity index (χ1n) is 8.58. The number of rotatable bonds is 4. The summed E-state index contributed by atoms with van der Waals surface area (Å²) in [5, 5.41) is -0.103. The number of anilines is 1. The predicted octanol–water partition coefficient (Wildman–Crippen LogP) is 2.67. The molecule has 2 heterocycles. The smallest absolute Gasteiger partial charge is 0.354 e. The highest BCUT2D eigenvalue weighted by molar-refractivity contribution is 7.91. The number of aromatic nitrogens is 1. The van der Waals surface area contributed by atoms with Gasteiger partial charge in [0, 0.05) is 38.6 Å². The van der Waals surface area contributed by atoms with E-state index in [0.29, 0.717) is 5.82 Å². The van der Waals surface area contributed by atoms with Gasteiger partial charge in [0.1, 0.15) is 10.7 Å². The van der Waals surface area contributed by atoms with Crippen LogP contribution < -0.4 is 4.90 Å². The number of sulfone groups is 1. The van der Waals surface area contributed by atoms with E-state index in [-0.39, 0.29) is 41.0 Å². The van der Waals surface area contributed by atoms with Gasteiger partial charge in [-0.2, -0.15) is 17.5 Å². The van der Waals surface area contributed by atoms with Gasteiger partial charge in [0.25, 0.3) is 0 Å². The summed E-state index contributed by atoms with van der Waals surface area (Å²) in [5.74, 6) is 0.303. The second-order valence-corrected chi connectivity index (χ2v) is 11.0. The van der Waals surface area contributed by atoms with E-state index in [9.17, 15) is 30.0 Å². The molecule has 3 rings (SSSR count). The summed E-state index contributed by atoms with van der Waals surface area (Å²) in [6.45, 7) is 0.455. The van der Waals surface area contributed by atoms with E-state index in [1.54, 1.807) is 4.90 Å². The largest absolute Gasteiger partial charge is 0.417 e. The van der Waals surface area contributed by atoms with Crippen LogP contribution >= 0.6 is 11.6 Å². The van der Waals surface area contributed by atoms with Crippen LogP contribution in [0.15, 0.2) is 46.3 Å². The molecule has 0 bridgehead atoms. The molecule has 0 amide bonds. The first-order valence-corrected chi connectivity index (χ1v) is 12.3. The van der Waals surface area contributed by atoms with Crippen LogP contribution in [0.4, 0.5) is 19.0 Å². The number of sulfonamides is 1. The number of hydrogen-bond donors (Lipinski definition) is 0. The molecule has 0 radical (unpaired) electrons. The van der Waals surface area contributed by atoms with Crippen LogP contribution in [0.2, 0.25) is 5.02 Å². The Kier molecular flexibility index (Phi) is 6.07. The molecular weight excluding hydrogens is 467 g/mol. The minimum atomic E-state index is -4.49. The number of benzene rings is 1. The number of nitrogens with zero attached hydrogens (tertiary/aromatic N) is 3. The van der Waals surface area contributed by atoms with Crippen molar-refractivity contribution in [1.29, 1.82) is 0 Å². The lowest BCUT2D eigenvalue weighted by atomic mass is 10.2. The van der Waals surface area contributed by atoms with Gasteiger partial charge in [0.2, 0.25) is 10.0 Å². The summed E-state index contributed by atoms with van der Waals surface area (Å²) in [4.78, 5) is 5.00. The molecule has 0 atom stereocenters. The molecule has 1 aromatic heterocycles. The molecule has 13 heteroatoms. The fourth-order valence-electron chi connectivity index (χ4n) is 2.95. The average molecular weight is 484 g/mol. The van der Waals surface area contributed by atoms with Gasteiger partial charge in [-0.15, -0.1) is 0 Å². The van der Waals surface area contributed by atoms with Crippen molar-refractivity contribution < 1.29 is 30.0 Å².